The highest BCUT2D eigenvalue weighted by Crippen LogP contribution is 2.31. The highest BCUT2D eigenvalue weighted by molar-refractivity contribution is 5.85. The second kappa shape index (κ2) is 7.17. The van der Waals surface area contributed by atoms with Crippen LogP contribution in [-0.2, 0) is 13.1 Å². The molecule has 0 amide bonds. The van der Waals surface area contributed by atoms with Crippen molar-refractivity contribution < 1.29 is 9.05 Å². The molecule has 3 heterocycles. The Bertz CT molecular complexity index is 599. The lowest BCUT2D eigenvalue weighted by Gasteiger charge is -2.19. The largest absolute Gasteiger partial charge is 0.339 e. The summed E-state index contributed by atoms with van der Waals surface area (Å²) in [5.41, 5.74) is 5.48. The van der Waals surface area contributed by atoms with Crippen molar-refractivity contribution in [2.24, 2.45) is 5.73 Å². The number of nitrogens with zero attached hydrogens (tertiary/aromatic N) is 5. The molecule has 22 heavy (non-hydrogen) atoms. The van der Waals surface area contributed by atoms with Gasteiger partial charge in [0.2, 0.25) is 11.8 Å². The lowest BCUT2D eigenvalue weighted by atomic mass is 10.2. The summed E-state index contributed by atoms with van der Waals surface area (Å²) >= 11 is 0. The van der Waals surface area contributed by atoms with Gasteiger partial charge in [-0.2, -0.15) is 9.97 Å². The summed E-state index contributed by atoms with van der Waals surface area (Å²) in [5.74, 6) is 2.78. The molecule has 0 saturated carbocycles. The Morgan fingerprint density at radius 2 is 2.09 bits per heavy atom. The van der Waals surface area contributed by atoms with Crippen LogP contribution in [0.3, 0.4) is 0 Å². The second-order valence-corrected chi connectivity index (χ2v) is 5.58. The molecule has 2 aromatic rings. The van der Waals surface area contributed by atoms with Crippen LogP contribution in [-0.4, -0.2) is 31.7 Å². The van der Waals surface area contributed by atoms with Crippen molar-refractivity contribution in [2.45, 2.75) is 51.7 Å². The van der Waals surface area contributed by atoms with Crippen LogP contribution in [0.15, 0.2) is 9.05 Å². The van der Waals surface area contributed by atoms with Crippen molar-refractivity contribution in [3.05, 3.63) is 23.4 Å². The summed E-state index contributed by atoms with van der Waals surface area (Å²) in [6, 6.07) is 0.154. The van der Waals surface area contributed by atoms with E-state index in [-0.39, 0.29) is 30.9 Å². The molecule has 1 aliphatic rings. The van der Waals surface area contributed by atoms with Crippen molar-refractivity contribution >= 4 is 12.4 Å². The topological polar surface area (TPSA) is 107 Å². The van der Waals surface area contributed by atoms with Gasteiger partial charge in [0.1, 0.15) is 0 Å². The fourth-order valence-corrected chi connectivity index (χ4v) is 2.54. The highest BCUT2D eigenvalue weighted by Gasteiger charge is 2.31. The molecule has 0 radical (unpaired) electrons. The molecular formula is C13H21ClN6O2. The van der Waals surface area contributed by atoms with E-state index in [1.807, 2.05) is 13.8 Å². The maximum atomic E-state index is 5.48. The van der Waals surface area contributed by atoms with E-state index < -0.39 is 0 Å². The smallest absolute Gasteiger partial charge is 0.240 e. The Balaban J connectivity index is 0.00000176. The van der Waals surface area contributed by atoms with Crippen LogP contribution < -0.4 is 5.73 Å². The van der Waals surface area contributed by atoms with Crippen LogP contribution in [0.25, 0.3) is 0 Å². The quantitative estimate of drug-likeness (QED) is 0.885. The molecule has 0 aromatic carbocycles. The third-order valence-corrected chi connectivity index (χ3v) is 3.64. The highest BCUT2D eigenvalue weighted by atomic mass is 35.5. The fraction of sp³-hybridized carbons (Fsp3) is 0.692. The van der Waals surface area contributed by atoms with Crippen molar-refractivity contribution in [1.29, 1.82) is 0 Å². The Hall–Kier alpha value is -1.51. The number of likely N-dealkylation sites (tertiary alicyclic amines) is 1. The molecule has 0 bridgehead atoms. The molecule has 2 aromatic heterocycles. The molecule has 1 saturated heterocycles. The first-order valence-corrected chi connectivity index (χ1v) is 7.26. The third-order valence-electron chi connectivity index (χ3n) is 3.64. The molecule has 8 nitrogen and oxygen atoms in total. The van der Waals surface area contributed by atoms with Crippen molar-refractivity contribution in [3.8, 4) is 0 Å². The van der Waals surface area contributed by atoms with E-state index in [0.29, 0.717) is 24.2 Å². The molecule has 1 aliphatic heterocycles. The van der Waals surface area contributed by atoms with E-state index in [0.717, 1.165) is 25.2 Å². The molecule has 1 unspecified atom stereocenters. The van der Waals surface area contributed by atoms with Gasteiger partial charge in [-0.05, 0) is 19.4 Å². The van der Waals surface area contributed by atoms with Gasteiger partial charge in [-0.3, -0.25) is 4.90 Å². The van der Waals surface area contributed by atoms with E-state index >= 15 is 0 Å². The van der Waals surface area contributed by atoms with Crippen molar-refractivity contribution in [1.82, 2.24) is 25.2 Å². The van der Waals surface area contributed by atoms with Gasteiger partial charge in [-0.15, -0.1) is 12.4 Å². The fourth-order valence-electron chi connectivity index (χ4n) is 2.54. The van der Waals surface area contributed by atoms with Crippen molar-refractivity contribution in [3.63, 3.8) is 0 Å². The number of hydrogen-bond acceptors (Lipinski definition) is 8. The number of aromatic nitrogens is 4. The lowest BCUT2D eigenvalue weighted by Crippen LogP contribution is -2.24. The van der Waals surface area contributed by atoms with E-state index in [4.69, 9.17) is 14.8 Å². The first-order valence-electron chi connectivity index (χ1n) is 7.26. The Morgan fingerprint density at radius 3 is 2.73 bits per heavy atom. The summed E-state index contributed by atoms with van der Waals surface area (Å²) in [6.45, 7) is 5.91. The maximum Gasteiger partial charge on any atom is 0.240 e. The first kappa shape index (κ1) is 16.9. The van der Waals surface area contributed by atoms with Crippen LogP contribution in [0.5, 0.6) is 0 Å². The van der Waals surface area contributed by atoms with Gasteiger partial charge >= 0.3 is 0 Å². The van der Waals surface area contributed by atoms with Gasteiger partial charge in [0.25, 0.3) is 0 Å². The van der Waals surface area contributed by atoms with E-state index in [1.165, 1.54) is 0 Å². The summed E-state index contributed by atoms with van der Waals surface area (Å²) in [6.07, 6.45) is 2.11. The van der Waals surface area contributed by atoms with Crippen LogP contribution in [0.1, 0.15) is 62.1 Å². The van der Waals surface area contributed by atoms with Gasteiger partial charge < -0.3 is 14.8 Å². The van der Waals surface area contributed by atoms with E-state index in [1.54, 1.807) is 0 Å². The van der Waals surface area contributed by atoms with Gasteiger partial charge in [0.05, 0.1) is 19.1 Å². The minimum absolute atomic E-state index is 0. The monoisotopic (exact) mass is 328 g/mol. The summed E-state index contributed by atoms with van der Waals surface area (Å²) in [7, 11) is 0. The first-order chi connectivity index (χ1) is 10.2. The Morgan fingerprint density at radius 1 is 1.27 bits per heavy atom. The third kappa shape index (κ3) is 3.45. The Labute approximate surface area is 134 Å². The maximum absolute atomic E-state index is 5.48. The van der Waals surface area contributed by atoms with Gasteiger partial charge in [-0.1, -0.05) is 24.2 Å². The molecule has 0 spiro atoms. The zero-order valence-corrected chi connectivity index (χ0v) is 13.5. The lowest BCUT2D eigenvalue weighted by molar-refractivity contribution is 0.225. The van der Waals surface area contributed by atoms with Crippen molar-refractivity contribution in [2.75, 3.05) is 6.54 Å². The van der Waals surface area contributed by atoms with E-state index in [2.05, 4.69) is 25.2 Å². The molecular weight excluding hydrogens is 308 g/mol. The number of rotatable bonds is 5. The Kier molecular flexibility index (Phi) is 5.49. The number of halogens is 1. The number of hydrogen-bond donors (Lipinski definition) is 1. The summed E-state index contributed by atoms with van der Waals surface area (Å²) in [5, 5.41) is 8.06. The SMILES string of the molecule is CC(C)c1nc(C2CCCN2Cc2noc(CN)n2)no1.Cl. The standard InChI is InChI=1S/C13H20N6O2.ClH/c1-8(2)13-16-12(18-21-13)9-4-3-5-19(9)7-10-15-11(6-14)20-17-10;/h8-9H,3-7,14H2,1-2H3;1H. The molecule has 9 heteroatoms. The molecule has 1 atom stereocenters. The molecule has 122 valence electrons. The molecule has 1 fully saturated rings. The summed E-state index contributed by atoms with van der Waals surface area (Å²) < 4.78 is 10.3. The average Bonchev–Trinajstić information content (AvgIpc) is 3.18. The van der Waals surface area contributed by atoms with Crippen LogP contribution in [0, 0.1) is 0 Å². The van der Waals surface area contributed by atoms with Gasteiger partial charge in [-0.25, -0.2) is 0 Å². The summed E-state index contributed by atoms with van der Waals surface area (Å²) in [4.78, 5) is 11.0. The predicted octanol–water partition coefficient (Wildman–Crippen LogP) is 1.79. The van der Waals surface area contributed by atoms with Gasteiger partial charge in [0, 0.05) is 5.92 Å². The average molecular weight is 329 g/mol. The van der Waals surface area contributed by atoms with Crippen LogP contribution in [0.2, 0.25) is 0 Å². The van der Waals surface area contributed by atoms with Gasteiger partial charge in [0.15, 0.2) is 11.6 Å². The minimum Gasteiger partial charge on any atom is -0.339 e. The minimum atomic E-state index is 0. The number of nitrogens with two attached hydrogens (primary N) is 1. The van der Waals surface area contributed by atoms with E-state index in [9.17, 15) is 0 Å². The zero-order valence-electron chi connectivity index (χ0n) is 12.7. The van der Waals surface area contributed by atoms with Crippen LogP contribution in [0.4, 0.5) is 0 Å². The normalized spacial score (nSPS) is 18.8. The predicted molar refractivity (Wildman–Crippen MR) is 80.2 cm³/mol. The second-order valence-electron chi connectivity index (χ2n) is 5.58. The molecule has 0 aliphatic carbocycles. The molecule has 2 N–H and O–H groups in total. The van der Waals surface area contributed by atoms with Crippen LogP contribution >= 0.6 is 12.4 Å². The zero-order chi connectivity index (χ0) is 14.8. The molecule has 3 rings (SSSR count).